The number of non-ortho nitro benzene ring substituents is 1. The molecule has 0 saturated carbocycles. The van der Waals surface area contributed by atoms with E-state index in [0.29, 0.717) is 17.1 Å². The number of fused-ring (bicyclic) bond motifs is 1. The molecule has 2 aromatic carbocycles. The molecule has 2 heterocycles. The van der Waals surface area contributed by atoms with Gasteiger partial charge in [-0.3, -0.25) is 20.2 Å². The Morgan fingerprint density at radius 2 is 2.10 bits per heavy atom. The van der Waals surface area contributed by atoms with Crippen molar-refractivity contribution in [2.45, 2.75) is 25.4 Å². The maximum absolute atomic E-state index is 12.8. The normalized spacial score (nSPS) is 17.7. The molecule has 1 atom stereocenters. The number of carbonyl (C=O) groups excluding carboxylic acids is 2. The van der Waals surface area contributed by atoms with E-state index in [1.165, 1.54) is 23.5 Å². The first-order valence-corrected chi connectivity index (χ1v) is 9.96. The number of nitrogens with zero attached hydrogens (tertiary/aromatic N) is 2. The number of thiazole rings is 1. The van der Waals surface area contributed by atoms with Crippen LogP contribution in [0.2, 0.25) is 0 Å². The zero-order valence-corrected chi connectivity index (χ0v) is 16.8. The van der Waals surface area contributed by atoms with E-state index < -0.39 is 22.4 Å². The largest absolute Gasteiger partial charge is 0.445 e. The zero-order chi connectivity index (χ0) is 21.3. The van der Waals surface area contributed by atoms with Crippen molar-refractivity contribution < 1.29 is 19.2 Å². The fourth-order valence-electron chi connectivity index (χ4n) is 3.32. The second kappa shape index (κ2) is 7.68. The minimum Gasteiger partial charge on any atom is -0.445 e. The van der Waals surface area contributed by atoms with E-state index in [4.69, 9.17) is 4.74 Å². The third-order valence-corrected chi connectivity index (χ3v) is 5.75. The number of nitrogens with one attached hydrogen (secondary N) is 1. The van der Waals surface area contributed by atoms with Crippen LogP contribution in [0.15, 0.2) is 54.7 Å². The van der Waals surface area contributed by atoms with Gasteiger partial charge in [0, 0.05) is 36.0 Å². The van der Waals surface area contributed by atoms with Gasteiger partial charge < -0.3 is 4.74 Å². The second-order valence-corrected chi connectivity index (χ2v) is 8.26. The molecule has 0 unspecified atom stereocenters. The molecule has 0 radical (unpaired) electrons. The Labute approximate surface area is 175 Å². The highest BCUT2D eigenvalue weighted by atomic mass is 32.1. The number of nitro benzene ring substituents is 1. The summed E-state index contributed by atoms with van der Waals surface area (Å²) in [5, 5.41) is 14.0. The summed E-state index contributed by atoms with van der Waals surface area (Å²) in [6.07, 6.45) is 2.34. The summed E-state index contributed by atoms with van der Waals surface area (Å²) < 4.78 is 5.43. The van der Waals surface area contributed by atoms with Crippen LogP contribution in [-0.4, -0.2) is 27.4 Å². The van der Waals surface area contributed by atoms with Gasteiger partial charge in [0.2, 0.25) is 0 Å². The molecule has 3 aromatic rings. The Morgan fingerprint density at radius 1 is 1.30 bits per heavy atom. The van der Waals surface area contributed by atoms with Crippen LogP contribution in [0.3, 0.4) is 0 Å². The molecule has 8 nitrogen and oxygen atoms in total. The number of benzene rings is 2. The summed E-state index contributed by atoms with van der Waals surface area (Å²) >= 11 is 1.27. The minimum absolute atomic E-state index is 0.0258. The summed E-state index contributed by atoms with van der Waals surface area (Å²) in [5.74, 6) is -0.985. The summed E-state index contributed by atoms with van der Waals surface area (Å²) in [6, 6.07) is 13.4. The minimum atomic E-state index is -1.34. The van der Waals surface area contributed by atoms with Crippen molar-refractivity contribution in [1.82, 2.24) is 4.98 Å². The quantitative estimate of drug-likeness (QED) is 0.380. The van der Waals surface area contributed by atoms with Crippen LogP contribution < -0.4 is 5.32 Å². The highest BCUT2D eigenvalue weighted by Crippen LogP contribution is 2.30. The number of hydrogen-bond donors (Lipinski definition) is 1. The molecule has 1 aliphatic rings. The number of cyclic esters (lactones) is 1. The van der Waals surface area contributed by atoms with Crippen molar-refractivity contribution >= 4 is 34.0 Å². The van der Waals surface area contributed by atoms with Crippen LogP contribution in [0.5, 0.6) is 0 Å². The fraction of sp³-hybridized carbons (Fsp3) is 0.190. The molecule has 0 fully saturated rings. The van der Waals surface area contributed by atoms with Crippen LogP contribution >= 0.6 is 11.3 Å². The number of hydrogen-bond acceptors (Lipinski definition) is 7. The Morgan fingerprint density at radius 3 is 2.90 bits per heavy atom. The average molecular weight is 423 g/mol. The number of carbonyl (C=O) groups is 2. The van der Waals surface area contributed by atoms with E-state index in [2.05, 4.69) is 10.3 Å². The Hall–Kier alpha value is -3.59. The lowest BCUT2D eigenvalue weighted by Crippen LogP contribution is -2.48. The number of rotatable bonds is 5. The molecule has 1 aliphatic heterocycles. The lowest BCUT2D eigenvalue weighted by atomic mass is 9.89. The van der Waals surface area contributed by atoms with Crippen molar-refractivity contribution in [3.05, 3.63) is 86.4 Å². The first-order valence-electron chi connectivity index (χ1n) is 9.15. The van der Waals surface area contributed by atoms with Gasteiger partial charge in [0.25, 0.3) is 11.6 Å². The van der Waals surface area contributed by atoms with Gasteiger partial charge >= 0.3 is 5.97 Å². The van der Waals surface area contributed by atoms with E-state index in [9.17, 15) is 19.7 Å². The molecule has 0 aliphatic carbocycles. The Balaban J connectivity index is 1.46. The van der Waals surface area contributed by atoms with Crippen molar-refractivity contribution in [3.63, 3.8) is 0 Å². The Bertz CT molecular complexity index is 1160. The van der Waals surface area contributed by atoms with Gasteiger partial charge in [0.15, 0.2) is 10.7 Å². The van der Waals surface area contributed by atoms with E-state index in [0.717, 1.165) is 16.0 Å². The fourth-order valence-corrected chi connectivity index (χ4v) is 4.16. The van der Waals surface area contributed by atoms with Crippen LogP contribution in [0.25, 0.3) is 0 Å². The van der Waals surface area contributed by atoms with Crippen molar-refractivity contribution in [1.29, 1.82) is 0 Å². The molecule has 0 saturated heterocycles. The van der Waals surface area contributed by atoms with Gasteiger partial charge in [-0.05, 0) is 24.1 Å². The van der Waals surface area contributed by atoms with E-state index >= 15 is 0 Å². The van der Waals surface area contributed by atoms with Crippen LogP contribution in [0.1, 0.15) is 33.3 Å². The van der Waals surface area contributed by atoms with Crippen molar-refractivity contribution in [2.24, 2.45) is 0 Å². The first-order chi connectivity index (χ1) is 14.3. The van der Waals surface area contributed by atoms with E-state index in [-0.39, 0.29) is 12.1 Å². The van der Waals surface area contributed by atoms with Gasteiger partial charge in [-0.25, -0.2) is 9.78 Å². The van der Waals surface area contributed by atoms with E-state index in [1.54, 1.807) is 37.4 Å². The smallest absolute Gasteiger partial charge is 0.339 e. The number of nitro groups is 1. The third kappa shape index (κ3) is 3.92. The molecule has 1 amide bonds. The number of amides is 1. The molecule has 1 N–H and O–H groups in total. The van der Waals surface area contributed by atoms with Crippen LogP contribution in [0, 0.1) is 10.1 Å². The van der Waals surface area contributed by atoms with Crippen LogP contribution in [0.4, 0.5) is 10.8 Å². The summed E-state index contributed by atoms with van der Waals surface area (Å²) in [7, 11) is 0. The molecular formula is C21H17N3O5S. The maximum atomic E-state index is 12.8. The molecule has 30 heavy (non-hydrogen) atoms. The number of ether oxygens (including phenoxy) is 1. The molecule has 9 heteroatoms. The summed E-state index contributed by atoms with van der Waals surface area (Å²) in [6.45, 7) is 1.58. The standard InChI is InChI=1S/C21H17N3O5S/c1-21(11-14-6-2-3-8-17(14)18(25)29-21)19(26)23-20-22-12-16(30-20)10-13-5-4-7-15(9-13)24(27)28/h2-9,12H,10-11H2,1H3,(H,22,23,26)/t21-/m1/s1. The third-order valence-electron chi connectivity index (χ3n) is 4.84. The first kappa shape index (κ1) is 19.7. The monoisotopic (exact) mass is 423 g/mol. The van der Waals surface area contributed by atoms with E-state index in [1.807, 2.05) is 12.1 Å². The lowest BCUT2D eigenvalue weighted by molar-refractivity contribution is -0.384. The van der Waals surface area contributed by atoms with Gasteiger partial charge in [-0.1, -0.05) is 30.3 Å². The molecule has 0 spiro atoms. The number of aromatic nitrogens is 1. The summed E-state index contributed by atoms with van der Waals surface area (Å²) in [5.41, 5.74) is 0.693. The molecule has 152 valence electrons. The Kier molecular flexibility index (Phi) is 5.04. The number of esters is 1. The highest BCUT2D eigenvalue weighted by molar-refractivity contribution is 7.15. The second-order valence-electron chi connectivity index (χ2n) is 7.14. The van der Waals surface area contributed by atoms with Gasteiger partial charge in [0.1, 0.15) is 0 Å². The maximum Gasteiger partial charge on any atom is 0.339 e. The lowest BCUT2D eigenvalue weighted by Gasteiger charge is -2.32. The SMILES string of the molecule is C[C@]1(C(=O)Nc2ncc(Cc3cccc([N+](=O)[O-])c3)s2)Cc2ccccc2C(=O)O1. The predicted molar refractivity (Wildman–Crippen MR) is 111 cm³/mol. The molecule has 1 aromatic heterocycles. The van der Waals surface area contributed by atoms with Crippen molar-refractivity contribution in [2.75, 3.05) is 5.32 Å². The van der Waals surface area contributed by atoms with Gasteiger partial charge in [-0.2, -0.15) is 0 Å². The predicted octanol–water partition coefficient (Wildman–Crippen LogP) is 3.75. The molecule has 4 rings (SSSR count). The molecule has 0 bridgehead atoms. The van der Waals surface area contributed by atoms with Gasteiger partial charge in [-0.15, -0.1) is 11.3 Å². The highest BCUT2D eigenvalue weighted by Gasteiger charge is 2.42. The van der Waals surface area contributed by atoms with Gasteiger partial charge in [0.05, 0.1) is 10.5 Å². The molecular weight excluding hydrogens is 406 g/mol. The topological polar surface area (TPSA) is 111 Å². The summed E-state index contributed by atoms with van der Waals surface area (Å²) in [4.78, 5) is 40.6. The van der Waals surface area contributed by atoms with Crippen LogP contribution in [-0.2, 0) is 22.4 Å². The van der Waals surface area contributed by atoms with Crippen molar-refractivity contribution in [3.8, 4) is 0 Å². The average Bonchev–Trinajstić information content (AvgIpc) is 3.14. The zero-order valence-electron chi connectivity index (χ0n) is 16.0. The number of anilines is 1.